The van der Waals surface area contributed by atoms with Crippen molar-refractivity contribution >= 4 is 8.07 Å². The first-order valence-electron chi connectivity index (χ1n) is 4.58. The van der Waals surface area contributed by atoms with Crippen LogP contribution in [0.1, 0.15) is 19.3 Å². The molecule has 0 aromatic carbocycles. The lowest BCUT2D eigenvalue weighted by Gasteiger charge is -2.01. The minimum Gasteiger partial charge on any atom is -0.118 e. The zero-order chi connectivity index (χ0) is 9.03. The maximum atomic E-state index is 3.23. The zero-order valence-corrected chi connectivity index (χ0v) is 9.20. The Bertz CT molecular complexity index is 257. The van der Waals surface area contributed by atoms with Gasteiger partial charge < -0.3 is 0 Å². The fourth-order valence-electron chi connectivity index (χ4n) is 0.780. The lowest BCUT2D eigenvalue weighted by atomic mass is 10.3. The SMILES string of the molecule is C[Si](C)(C)C#CC#CCC1CC1. The zero-order valence-electron chi connectivity index (χ0n) is 8.20. The molecule has 0 amide bonds. The third-order valence-corrected chi connectivity index (χ3v) is 2.55. The molecule has 1 aliphatic rings. The Kier molecular flexibility index (Phi) is 3.01. The third kappa shape index (κ3) is 5.05. The fourth-order valence-corrected chi connectivity index (χ4v) is 1.22. The predicted octanol–water partition coefficient (Wildman–Crippen LogP) is 2.67. The summed E-state index contributed by atoms with van der Waals surface area (Å²) in [6.45, 7) is 6.72. The van der Waals surface area contributed by atoms with Gasteiger partial charge >= 0.3 is 0 Å². The van der Waals surface area contributed by atoms with E-state index in [1.807, 2.05) is 0 Å². The van der Waals surface area contributed by atoms with Gasteiger partial charge in [-0.3, -0.25) is 0 Å². The van der Waals surface area contributed by atoms with Gasteiger partial charge in [0.15, 0.2) is 0 Å². The number of rotatable bonds is 1. The lowest BCUT2D eigenvalue weighted by Crippen LogP contribution is -2.16. The second kappa shape index (κ2) is 3.83. The highest BCUT2D eigenvalue weighted by Crippen LogP contribution is 2.31. The Labute approximate surface area is 76.8 Å². The third-order valence-electron chi connectivity index (χ3n) is 1.68. The summed E-state index contributed by atoms with van der Waals surface area (Å²) >= 11 is 0. The van der Waals surface area contributed by atoms with Crippen LogP contribution in [0.4, 0.5) is 0 Å². The summed E-state index contributed by atoms with van der Waals surface area (Å²) in [6, 6.07) is 0. The van der Waals surface area contributed by atoms with E-state index in [0.29, 0.717) is 0 Å². The molecule has 1 saturated carbocycles. The monoisotopic (exact) mass is 176 g/mol. The van der Waals surface area contributed by atoms with Crippen molar-refractivity contribution in [2.24, 2.45) is 5.92 Å². The van der Waals surface area contributed by atoms with E-state index in [1.165, 1.54) is 12.8 Å². The minimum absolute atomic E-state index is 0.909. The fraction of sp³-hybridized carbons (Fsp3) is 0.636. The molecule has 12 heavy (non-hydrogen) atoms. The van der Waals surface area contributed by atoms with Gasteiger partial charge in [0.25, 0.3) is 0 Å². The average molecular weight is 176 g/mol. The molecule has 0 aromatic rings. The predicted molar refractivity (Wildman–Crippen MR) is 56.2 cm³/mol. The molecule has 0 radical (unpaired) electrons. The maximum absolute atomic E-state index is 3.23. The Hall–Kier alpha value is -0.663. The Morgan fingerprint density at radius 1 is 1.17 bits per heavy atom. The molecular formula is C11H16Si. The van der Waals surface area contributed by atoms with E-state index in [0.717, 1.165) is 12.3 Å². The van der Waals surface area contributed by atoms with Crippen molar-refractivity contribution in [2.45, 2.75) is 38.9 Å². The molecule has 0 aliphatic heterocycles. The van der Waals surface area contributed by atoms with E-state index in [2.05, 4.69) is 42.9 Å². The van der Waals surface area contributed by atoms with Crippen molar-refractivity contribution < 1.29 is 0 Å². The van der Waals surface area contributed by atoms with Crippen LogP contribution in [0.3, 0.4) is 0 Å². The highest BCUT2D eigenvalue weighted by Gasteiger charge is 2.19. The van der Waals surface area contributed by atoms with Crippen molar-refractivity contribution in [3.8, 4) is 23.3 Å². The molecule has 0 aromatic heterocycles. The smallest absolute Gasteiger partial charge is 0.118 e. The first-order chi connectivity index (χ1) is 5.58. The van der Waals surface area contributed by atoms with Gasteiger partial charge in [0.05, 0.1) is 0 Å². The summed E-state index contributed by atoms with van der Waals surface area (Å²) in [6.07, 6.45) is 3.84. The highest BCUT2D eigenvalue weighted by atomic mass is 28.3. The molecule has 0 unspecified atom stereocenters. The van der Waals surface area contributed by atoms with E-state index in [1.54, 1.807) is 0 Å². The molecule has 0 spiro atoms. The summed E-state index contributed by atoms with van der Waals surface area (Å²) in [4.78, 5) is 0. The largest absolute Gasteiger partial charge is 0.130 e. The second-order valence-electron chi connectivity index (χ2n) is 4.45. The van der Waals surface area contributed by atoms with Crippen LogP contribution < -0.4 is 0 Å². The van der Waals surface area contributed by atoms with Crippen molar-refractivity contribution in [3.63, 3.8) is 0 Å². The number of hydrogen-bond acceptors (Lipinski definition) is 0. The molecule has 0 saturated heterocycles. The van der Waals surface area contributed by atoms with Gasteiger partial charge in [-0.2, -0.15) is 0 Å². The summed E-state index contributed by atoms with van der Waals surface area (Å²) in [5.41, 5.74) is 3.23. The van der Waals surface area contributed by atoms with Crippen LogP contribution in [0.25, 0.3) is 0 Å². The first kappa shape index (κ1) is 9.43. The van der Waals surface area contributed by atoms with Gasteiger partial charge in [0, 0.05) is 6.42 Å². The van der Waals surface area contributed by atoms with Gasteiger partial charge in [0.1, 0.15) is 8.07 Å². The standard InChI is InChI=1S/C11H16Si/c1-12(2,3)10-6-4-5-7-11-8-9-11/h11H,7-9H2,1-3H3. The van der Waals surface area contributed by atoms with Gasteiger partial charge in [-0.05, 0) is 30.6 Å². The van der Waals surface area contributed by atoms with Crippen molar-refractivity contribution in [2.75, 3.05) is 0 Å². The van der Waals surface area contributed by atoms with Crippen LogP contribution in [-0.4, -0.2) is 8.07 Å². The van der Waals surface area contributed by atoms with E-state index in [4.69, 9.17) is 0 Å². The highest BCUT2D eigenvalue weighted by molar-refractivity contribution is 6.83. The molecule has 1 rings (SSSR count). The molecule has 64 valence electrons. The molecule has 0 atom stereocenters. The van der Waals surface area contributed by atoms with Gasteiger partial charge in [-0.15, -0.1) is 5.54 Å². The quantitative estimate of drug-likeness (QED) is 0.425. The molecule has 1 aliphatic carbocycles. The van der Waals surface area contributed by atoms with Crippen molar-refractivity contribution in [3.05, 3.63) is 0 Å². The second-order valence-corrected chi connectivity index (χ2v) is 9.20. The molecule has 1 heteroatoms. The van der Waals surface area contributed by atoms with E-state index in [9.17, 15) is 0 Å². The van der Waals surface area contributed by atoms with Gasteiger partial charge in [-0.1, -0.05) is 25.6 Å². The minimum atomic E-state index is -1.18. The van der Waals surface area contributed by atoms with Gasteiger partial charge in [0.2, 0.25) is 0 Å². The van der Waals surface area contributed by atoms with Crippen LogP contribution in [0.5, 0.6) is 0 Å². The summed E-state index contributed by atoms with van der Waals surface area (Å²) in [5.74, 6) is 9.92. The molecule has 0 N–H and O–H groups in total. The van der Waals surface area contributed by atoms with Crippen molar-refractivity contribution in [1.29, 1.82) is 0 Å². The lowest BCUT2D eigenvalue weighted by molar-refractivity contribution is 0.884. The van der Waals surface area contributed by atoms with Gasteiger partial charge in [-0.25, -0.2) is 0 Å². The van der Waals surface area contributed by atoms with Crippen LogP contribution in [0, 0.1) is 29.2 Å². The van der Waals surface area contributed by atoms with Crippen LogP contribution in [0.15, 0.2) is 0 Å². The summed E-state index contributed by atoms with van der Waals surface area (Å²) in [5, 5.41) is 0. The van der Waals surface area contributed by atoms with Crippen LogP contribution in [-0.2, 0) is 0 Å². The Balaban J connectivity index is 2.27. The molecule has 1 fully saturated rings. The van der Waals surface area contributed by atoms with E-state index in [-0.39, 0.29) is 0 Å². The van der Waals surface area contributed by atoms with Crippen LogP contribution in [0.2, 0.25) is 19.6 Å². The molecule has 0 bridgehead atoms. The van der Waals surface area contributed by atoms with E-state index >= 15 is 0 Å². The summed E-state index contributed by atoms with van der Waals surface area (Å²) in [7, 11) is -1.18. The Morgan fingerprint density at radius 3 is 2.33 bits per heavy atom. The molecule has 0 nitrogen and oxygen atoms in total. The Morgan fingerprint density at radius 2 is 1.83 bits per heavy atom. The normalized spacial score (nSPS) is 15.6. The summed E-state index contributed by atoms with van der Waals surface area (Å²) < 4.78 is 0. The first-order valence-corrected chi connectivity index (χ1v) is 8.08. The molecular weight excluding hydrogens is 160 g/mol. The maximum Gasteiger partial charge on any atom is 0.130 e. The van der Waals surface area contributed by atoms with Crippen molar-refractivity contribution in [1.82, 2.24) is 0 Å². The topological polar surface area (TPSA) is 0 Å². The number of hydrogen-bond donors (Lipinski definition) is 0. The molecule has 0 heterocycles. The van der Waals surface area contributed by atoms with E-state index < -0.39 is 8.07 Å². The average Bonchev–Trinajstić information content (AvgIpc) is 2.68. The van der Waals surface area contributed by atoms with Crippen LogP contribution >= 0.6 is 0 Å².